The Bertz CT molecular complexity index is 485. The highest BCUT2D eigenvalue weighted by atomic mass is 35.5. The van der Waals surface area contributed by atoms with E-state index in [-0.39, 0.29) is 24.4 Å². The summed E-state index contributed by atoms with van der Waals surface area (Å²) in [6.07, 6.45) is 2.79. The number of rotatable bonds is 8. The first-order valence-corrected chi connectivity index (χ1v) is 8.77. The van der Waals surface area contributed by atoms with Crippen molar-refractivity contribution in [2.24, 2.45) is 11.8 Å². The average Bonchev–Trinajstić information content (AvgIpc) is 3.05. The summed E-state index contributed by atoms with van der Waals surface area (Å²) in [6, 6.07) is 8.04. The molecular formula is C19H31ClN2O2. The topological polar surface area (TPSA) is 50.4 Å². The third-order valence-electron chi connectivity index (χ3n) is 4.28. The van der Waals surface area contributed by atoms with E-state index in [0.717, 1.165) is 37.4 Å². The number of ether oxygens (including phenoxy) is 1. The largest absolute Gasteiger partial charge is 0.493 e. The van der Waals surface area contributed by atoms with Gasteiger partial charge in [-0.2, -0.15) is 0 Å². The Labute approximate surface area is 152 Å². The minimum Gasteiger partial charge on any atom is -0.493 e. The lowest BCUT2D eigenvalue weighted by Gasteiger charge is -2.16. The van der Waals surface area contributed by atoms with E-state index in [4.69, 9.17) is 4.74 Å². The molecule has 0 radical (unpaired) electrons. The minimum absolute atomic E-state index is 0. The summed E-state index contributed by atoms with van der Waals surface area (Å²) >= 11 is 0. The lowest BCUT2D eigenvalue weighted by molar-refractivity contribution is -0.122. The highest BCUT2D eigenvalue weighted by Crippen LogP contribution is 2.19. The van der Waals surface area contributed by atoms with Crippen molar-refractivity contribution in [1.29, 1.82) is 0 Å². The molecule has 1 saturated heterocycles. The normalized spacial score (nSPS) is 18.1. The highest BCUT2D eigenvalue weighted by molar-refractivity contribution is 5.85. The Morgan fingerprint density at radius 1 is 1.29 bits per heavy atom. The number of hydrogen-bond acceptors (Lipinski definition) is 3. The molecule has 1 aromatic carbocycles. The number of hydrogen-bond donors (Lipinski definition) is 2. The molecule has 1 aliphatic heterocycles. The van der Waals surface area contributed by atoms with Crippen LogP contribution in [0.15, 0.2) is 24.3 Å². The Morgan fingerprint density at radius 3 is 2.58 bits per heavy atom. The van der Waals surface area contributed by atoms with Crippen LogP contribution in [-0.2, 0) is 4.79 Å². The molecule has 24 heavy (non-hydrogen) atoms. The zero-order chi connectivity index (χ0) is 16.7. The van der Waals surface area contributed by atoms with E-state index in [9.17, 15) is 4.79 Å². The zero-order valence-electron chi connectivity index (χ0n) is 15.0. The Morgan fingerprint density at radius 2 is 2.00 bits per heavy atom. The molecule has 2 rings (SSSR count). The molecule has 5 heteroatoms. The van der Waals surface area contributed by atoms with Crippen molar-refractivity contribution in [3.8, 4) is 5.75 Å². The molecule has 1 aromatic rings. The quantitative estimate of drug-likeness (QED) is 0.748. The number of carbonyl (C=O) groups excluding carboxylic acids is 1. The van der Waals surface area contributed by atoms with Gasteiger partial charge in [-0.15, -0.1) is 12.4 Å². The van der Waals surface area contributed by atoms with Crippen molar-refractivity contribution in [2.75, 3.05) is 19.7 Å². The molecule has 0 aromatic heterocycles. The minimum atomic E-state index is 0. The summed E-state index contributed by atoms with van der Waals surface area (Å²) in [5, 5.41) is 6.43. The van der Waals surface area contributed by atoms with Crippen molar-refractivity contribution < 1.29 is 9.53 Å². The van der Waals surface area contributed by atoms with E-state index in [1.54, 1.807) is 0 Å². The molecule has 0 saturated carbocycles. The van der Waals surface area contributed by atoms with Crippen LogP contribution in [0.4, 0.5) is 0 Å². The second-order valence-corrected chi connectivity index (χ2v) is 6.96. The molecule has 1 aliphatic rings. The van der Waals surface area contributed by atoms with E-state index in [1.165, 1.54) is 6.42 Å². The van der Waals surface area contributed by atoms with Gasteiger partial charge in [0.1, 0.15) is 5.75 Å². The zero-order valence-corrected chi connectivity index (χ0v) is 15.8. The molecule has 1 heterocycles. The fourth-order valence-electron chi connectivity index (χ4n) is 2.81. The van der Waals surface area contributed by atoms with Crippen LogP contribution in [0.5, 0.6) is 5.75 Å². The SMILES string of the molecule is CC(C)COc1ccc(C(C)NC(=O)CCC2CCNC2)cc1.Cl. The summed E-state index contributed by atoms with van der Waals surface area (Å²) in [4.78, 5) is 12.1. The summed E-state index contributed by atoms with van der Waals surface area (Å²) in [5.74, 6) is 2.20. The van der Waals surface area contributed by atoms with Crippen LogP contribution in [0.2, 0.25) is 0 Å². The van der Waals surface area contributed by atoms with Crippen molar-refractivity contribution >= 4 is 18.3 Å². The van der Waals surface area contributed by atoms with Crippen LogP contribution in [0, 0.1) is 11.8 Å². The molecule has 136 valence electrons. The van der Waals surface area contributed by atoms with Gasteiger partial charge in [-0.3, -0.25) is 4.79 Å². The first kappa shape index (κ1) is 20.8. The van der Waals surface area contributed by atoms with Crippen molar-refractivity contribution in [3.63, 3.8) is 0 Å². The molecule has 1 amide bonds. The van der Waals surface area contributed by atoms with E-state index in [1.807, 2.05) is 31.2 Å². The standard InChI is InChI=1S/C19H30N2O2.ClH/c1-14(2)13-23-18-7-5-17(6-8-18)15(3)21-19(22)9-4-16-10-11-20-12-16;/h5-8,14-16,20H,4,9-13H2,1-3H3,(H,21,22);1H. The maximum Gasteiger partial charge on any atom is 0.220 e. The molecule has 2 unspecified atom stereocenters. The average molecular weight is 355 g/mol. The van der Waals surface area contributed by atoms with Gasteiger partial charge >= 0.3 is 0 Å². The van der Waals surface area contributed by atoms with Crippen molar-refractivity contribution in [3.05, 3.63) is 29.8 Å². The molecule has 2 N–H and O–H groups in total. The van der Waals surface area contributed by atoms with Crippen molar-refractivity contribution in [1.82, 2.24) is 10.6 Å². The van der Waals surface area contributed by atoms with E-state index < -0.39 is 0 Å². The lowest BCUT2D eigenvalue weighted by atomic mass is 10.0. The number of amides is 1. The van der Waals surface area contributed by atoms with Gasteiger partial charge in [0, 0.05) is 6.42 Å². The van der Waals surface area contributed by atoms with E-state index in [2.05, 4.69) is 24.5 Å². The molecule has 4 nitrogen and oxygen atoms in total. The summed E-state index contributed by atoms with van der Waals surface area (Å²) in [5.41, 5.74) is 1.11. The number of nitrogens with one attached hydrogen (secondary N) is 2. The maximum absolute atomic E-state index is 12.1. The summed E-state index contributed by atoms with van der Waals surface area (Å²) in [7, 11) is 0. The van der Waals surface area contributed by atoms with Crippen LogP contribution < -0.4 is 15.4 Å². The van der Waals surface area contributed by atoms with Gasteiger partial charge in [0.2, 0.25) is 5.91 Å². The molecular weight excluding hydrogens is 324 g/mol. The molecule has 0 spiro atoms. The van der Waals surface area contributed by atoms with Crippen LogP contribution >= 0.6 is 12.4 Å². The van der Waals surface area contributed by atoms with Gasteiger partial charge in [-0.1, -0.05) is 26.0 Å². The van der Waals surface area contributed by atoms with Gasteiger partial charge in [0.05, 0.1) is 12.6 Å². The second kappa shape index (κ2) is 10.6. The van der Waals surface area contributed by atoms with Crippen molar-refractivity contribution in [2.45, 2.75) is 46.1 Å². The third-order valence-corrected chi connectivity index (χ3v) is 4.28. The molecule has 0 aliphatic carbocycles. The fourth-order valence-corrected chi connectivity index (χ4v) is 2.81. The Hall–Kier alpha value is -1.26. The predicted octanol–water partition coefficient (Wildman–Crippen LogP) is 3.71. The number of benzene rings is 1. The summed E-state index contributed by atoms with van der Waals surface area (Å²) in [6.45, 7) is 9.16. The maximum atomic E-state index is 12.1. The van der Waals surface area contributed by atoms with Crippen LogP contribution in [0.1, 0.15) is 51.6 Å². The first-order chi connectivity index (χ1) is 11.0. The summed E-state index contributed by atoms with van der Waals surface area (Å²) < 4.78 is 5.69. The smallest absolute Gasteiger partial charge is 0.220 e. The molecule has 0 bridgehead atoms. The first-order valence-electron chi connectivity index (χ1n) is 8.77. The lowest BCUT2D eigenvalue weighted by Crippen LogP contribution is -2.27. The molecule has 2 atom stereocenters. The van der Waals surface area contributed by atoms with Crippen LogP contribution in [0.3, 0.4) is 0 Å². The van der Waals surface area contributed by atoms with Crippen LogP contribution in [-0.4, -0.2) is 25.6 Å². The van der Waals surface area contributed by atoms with Gasteiger partial charge in [0.25, 0.3) is 0 Å². The Balaban J connectivity index is 0.00000288. The van der Waals surface area contributed by atoms with Gasteiger partial charge < -0.3 is 15.4 Å². The van der Waals surface area contributed by atoms with E-state index in [0.29, 0.717) is 18.3 Å². The fraction of sp³-hybridized carbons (Fsp3) is 0.632. The van der Waals surface area contributed by atoms with E-state index >= 15 is 0 Å². The number of carbonyl (C=O) groups is 1. The third kappa shape index (κ3) is 7.10. The number of halogens is 1. The van der Waals surface area contributed by atoms with Gasteiger partial charge in [-0.05, 0) is 62.4 Å². The van der Waals surface area contributed by atoms with Gasteiger partial charge in [-0.25, -0.2) is 0 Å². The monoisotopic (exact) mass is 354 g/mol. The van der Waals surface area contributed by atoms with Crippen LogP contribution in [0.25, 0.3) is 0 Å². The predicted molar refractivity (Wildman–Crippen MR) is 101 cm³/mol. The van der Waals surface area contributed by atoms with Gasteiger partial charge in [0.15, 0.2) is 0 Å². The Kier molecular flexibility index (Phi) is 9.16. The second-order valence-electron chi connectivity index (χ2n) is 6.96. The highest BCUT2D eigenvalue weighted by Gasteiger charge is 2.16. The molecule has 1 fully saturated rings.